The molecule has 0 aromatic heterocycles. The molecule has 1 N–H and O–H groups in total. The number of amides is 2. The van der Waals surface area contributed by atoms with Crippen LogP contribution in [0, 0.1) is 6.92 Å². The van der Waals surface area contributed by atoms with Gasteiger partial charge in [-0.15, -0.1) is 0 Å². The molecule has 1 saturated carbocycles. The number of benzene rings is 3. The standard InChI is InChI=1S/C33H41N3O5S/c1-4-29(33(38)34-27-15-9-10-16-27)35(23-26-13-7-6-8-14-26)32(37)24-36(30-17-11-12-18-31(30)41-5-2)42(39,40)28-21-19-25(3)20-22-28/h6-8,11-14,17-22,27,29H,4-5,9-10,15-16,23-24H2,1-3H3,(H,34,38)/t29-/m0/s1. The first kappa shape index (κ1) is 31.1. The summed E-state index contributed by atoms with van der Waals surface area (Å²) in [5.74, 6) is -0.338. The molecule has 2 amide bonds. The minimum atomic E-state index is -4.18. The lowest BCUT2D eigenvalue weighted by atomic mass is 10.1. The Hall–Kier alpha value is -3.85. The van der Waals surface area contributed by atoms with Crippen molar-refractivity contribution in [1.82, 2.24) is 10.2 Å². The lowest BCUT2D eigenvalue weighted by molar-refractivity contribution is -0.140. The number of ether oxygens (including phenoxy) is 1. The quantitative estimate of drug-likeness (QED) is 0.285. The van der Waals surface area contributed by atoms with Crippen molar-refractivity contribution in [2.45, 2.75) is 76.4 Å². The van der Waals surface area contributed by atoms with Gasteiger partial charge in [0.2, 0.25) is 11.8 Å². The number of carbonyl (C=O) groups excluding carboxylic acids is 2. The zero-order chi connectivity index (χ0) is 30.1. The molecule has 8 nitrogen and oxygen atoms in total. The van der Waals surface area contributed by atoms with Gasteiger partial charge in [0.15, 0.2) is 0 Å². The van der Waals surface area contributed by atoms with Crippen molar-refractivity contribution in [3.05, 3.63) is 90.0 Å². The first-order valence-corrected chi connectivity index (χ1v) is 16.1. The topological polar surface area (TPSA) is 96.0 Å². The van der Waals surface area contributed by atoms with E-state index in [9.17, 15) is 18.0 Å². The van der Waals surface area contributed by atoms with Crippen molar-refractivity contribution in [3.8, 4) is 5.75 Å². The lowest BCUT2D eigenvalue weighted by Gasteiger charge is -2.34. The second kappa shape index (κ2) is 14.4. The fourth-order valence-corrected chi connectivity index (χ4v) is 6.78. The number of sulfonamides is 1. The van der Waals surface area contributed by atoms with Gasteiger partial charge in [0.1, 0.15) is 18.3 Å². The zero-order valence-electron chi connectivity index (χ0n) is 24.7. The predicted molar refractivity (Wildman–Crippen MR) is 165 cm³/mol. The van der Waals surface area contributed by atoms with E-state index in [2.05, 4.69) is 5.32 Å². The Labute approximate surface area is 249 Å². The third-order valence-electron chi connectivity index (χ3n) is 7.60. The van der Waals surface area contributed by atoms with E-state index >= 15 is 0 Å². The predicted octanol–water partition coefficient (Wildman–Crippen LogP) is 5.46. The molecule has 0 heterocycles. The maximum atomic E-state index is 14.3. The van der Waals surface area contributed by atoms with Crippen LogP contribution in [-0.2, 0) is 26.2 Å². The highest BCUT2D eigenvalue weighted by Crippen LogP contribution is 2.33. The molecule has 0 saturated heterocycles. The van der Waals surface area contributed by atoms with Gasteiger partial charge >= 0.3 is 0 Å². The zero-order valence-corrected chi connectivity index (χ0v) is 25.5. The van der Waals surface area contributed by atoms with Crippen LogP contribution in [0.1, 0.15) is 57.1 Å². The van der Waals surface area contributed by atoms with E-state index in [-0.39, 0.29) is 29.1 Å². The molecule has 1 aliphatic carbocycles. The highest BCUT2D eigenvalue weighted by molar-refractivity contribution is 7.92. The average Bonchev–Trinajstić information content (AvgIpc) is 3.50. The van der Waals surface area contributed by atoms with Crippen molar-refractivity contribution in [2.24, 2.45) is 0 Å². The second-order valence-electron chi connectivity index (χ2n) is 10.6. The maximum Gasteiger partial charge on any atom is 0.264 e. The summed E-state index contributed by atoms with van der Waals surface area (Å²) in [5.41, 5.74) is 2.02. The average molecular weight is 592 g/mol. The monoisotopic (exact) mass is 591 g/mol. The lowest BCUT2D eigenvalue weighted by Crippen LogP contribution is -2.53. The molecular weight excluding hydrogens is 550 g/mol. The van der Waals surface area contributed by atoms with E-state index in [1.807, 2.05) is 51.1 Å². The van der Waals surface area contributed by atoms with Crippen LogP contribution >= 0.6 is 0 Å². The van der Waals surface area contributed by atoms with E-state index in [4.69, 9.17) is 4.74 Å². The molecule has 9 heteroatoms. The number of nitrogens with zero attached hydrogens (tertiary/aromatic N) is 2. The third-order valence-corrected chi connectivity index (χ3v) is 9.38. The minimum absolute atomic E-state index is 0.0628. The number of anilines is 1. The largest absolute Gasteiger partial charge is 0.492 e. The van der Waals surface area contributed by atoms with Crippen LogP contribution in [0.15, 0.2) is 83.8 Å². The number of aryl methyl sites for hydroxylation is 1. The molecule has 0 spiro atoms. The Balaban J connectivity index is 1.74. The summed E-state index contributed by atoms with van der Waals surface area (Å²) in [6.07, 6.45) is 4.37. The number of hydrogen-bond acceptors (Lipinski definition) is 5. The Morgan fingerprint density at radius 1 is 0.929 bits per heavy atom. The SMILES string of the molecule is CCOc1ccccc1N(CC(=O)N(Cc1ccccc1)[C@@H](CC)C(=O)NC1CCCC1)S(=O)(=O)c1ccc(C)cc1. The summed E-state index contributed by atoms with van der Waals surface area (Å²) in [4.78, 5) is 29.4. The fraction of sp³-hybridized carbons (Fsp3) is 0.394. The Bertz CT molecular complexity index is 1440. The van der Waals surface area contributed by atoms with Crippen LogP contribution < -0.4 is 14.4 Å². The van der Waals surface area contributed by atoms with Gasteiger partial charge in [-0.2, -0.15) is 0 Å². The Morgan fingerprint density at radius 2 is 1.57 bits per heavy atom. The van der Waals surface area contributed by atoms with Gasteiger partial charge in [0.25, 0.3) is 10.0 Å². The number of rotatable bonds is 13. The van der Waals surface area contributed by atoms with Gasteiger partial charge in [-0.25, -0.2) is 8.42 Å². The van der Waals surface area contributed by atoms with Crippen molar-refractivity contribution in [1.29, 1.82) is 0 Å². The van der Waals surface area contributed by atoms with Gasteiger partial charge in [-0.05, 0) is 62.9 Å². The van der Waals surface area contributed by atoms with Crippen molar-refractivity contribution < 1.29 is 22.7 Å². The molecule has 0 unspecified atom stereocenters. The van der Waals surface area contributed by atoms with E-state index in [0.717, 1.165) is 41.1 Å². The number of nitrogens with one attached hydrogen (secondary N) is 1. The van der Waals surface area contributed by atoms with Crippen molar-refractivity contribution in [2.75, 3.05) is 17.5 Å². The molecule has 3 aromatic rings. The first-order valence-electron chi connectivity index (χ1n) is 14.7. The first-order chi connectivity index (χ1) is 20.2. The summed E-state index contributed by atoms with van der Waals surface area (Å²) < 4.78 is 35.2. The van der Waals surface area contributed by atoms with Gasteiger partial charge in [-0.1, -0.05) is 79.9 Å². The van der Waals surface area contributed by atoms with E-state index in [0.29, 0.717) is 18.8 Å². The van der Waals surface area contributed by atoms with Crippen molar-refractivity contribution >= 4 is 27.5 Å². The normalized spacial score (nSPS) is 14.3. The minimum Gasteiger partial charge on any atom is -0.492 e. The number of hydrogen-bond donors (Lipinski definition) is 1. The van der Waals surface area contributed by atoms with Crippen LogP contribution in [0.2, 0.25) is 0 Å². The summed E-state index contributed by atoms with van der Waals surface area (Å²) >= 11 is 0. The highest BCUT2D eigenvalue weighted by Gasteiger charge is 2.35. The molecule has 1 aliphatic rings. The fourth-order valence-electron chi connectivity index (χ4n) is 5.36. The molecular formula is C33H41N3O5S. The highest BCUT2D eigenvalue weighted by atomic mass is 32.2. The Morgan fingerprint density at radius 3 is 2.21 bits per heavy atom. The molecule has 224 valence electrons. The van der Waals surface area contributed by atoms with Gasteiger partial charge in [0.05, 0.1) is 17.2 Å². The maximum absolute atomic E-state index is 14.3. The van der Waals surface area contributed by atoms with Crippen LogP contribution in [0.5, 0.6) is 5.75 Å². The number of para-hydroxylation sites is 2. The summed E-state index contributed by atoms with van der Waals surface area (Å²) in [7, 11) is -4.18. The molecule has 0 radical (unpaired) electrons. The van der Waals surface area contributed by atoms with Crippen LogP contribution in [0.25, 0.3) is 0 Å². The molecule has 42 heavy (non-hydrogen) atoms. The van der Waals surface area contributed by atoms with Crippen molar-refractivity contribution in [3.63, 3.8) is 0 Å². The van der Waals surface area contributed by atoms with Crippen LogP contribution in [0.4, 0.5) is 5.69 Å². The summed E-state index contributed by atoms with van der Waals surface area (Å²) in [6, 6.07) is 22.1. The molecule has 0 aliphatic heterocycles. The van der Waals surface area contributed by atoms with E-state index in [1.165, 1.54) is 17.0 Å². The van der Waals surface area contributed by atoms with Gasteiger partial charge in [-0.3, -0.25) is 13.9 Å². The number of carbonyl (C=O) groups is 2. The summed E-state index contributed by atoms with van der Waals surface area (Å²) in [6.45, 7) is 5.56. The third kappa shape index (κ3) is 7.50. The molecule has 1 atom stereocenters. The summed E-state index contributed by atoms with van der Waals surface area (Å²) in [5, 5.41) is 3.14. The molecule has 1 fully saturated rings. The molecule has 4 rings (SSSR count). The Kier molecular flexibility index (Phi) is 10.6. The van der Waals surface area contributed by atoms with E-state index in [1.54, 1.807) is 36.4 Å². The molecule has 3 aromatic carbocycles. The van der Waals surface area contributed by atoms with Gasteiger partial charge < -0.3 is 15.0 Å². The smallest absolute Gasteiger partial charge is 0.264 e. The van der Waals surface area contributed by atoms with E-state index < -0.39 is 28.5 Å². The van der Waals surface area contributed by atoms with Crippen LogP contribution in [-0.4, -0.2) is 50.4 Å². The van der Waals surface area contributed by atoms with Crippen LogP contribution in [0.3, 0.4) is 0 Å². The van der Waals surface area contributed by atoms with Gasteiger partial charge in [0, 0.05) is 12.6 Å². The molecule has 0 bridgehead atoms. The second-order valence-corrected chi connectivity index (χ2v) is 12.5.